The zero-order valence-corrected chi connectivity index (χ0v) is 18.6. The maximum Gasteiger partial charge on any atom is 0.407 e. The van der Waals surface area contributed by atoms with Crippen molar-refractivity contribution in [2.75, 3.05) is 18.5 Å². The van der Waals surface area contributed by atoms with Gasteiger partial charge in [-0.05, 0) is 68.1 Å². The highest BCUT2D eigenvalue weighted by molar-refractivity contribution is 6.31. The van der Waals surface area contributed by atoms with Gasteiger partial charge >= 0.3 is 6.09 Å². The topological polar surface area (TPSA) is 79.5 Å². The van der Waals surface area contributed by atoms with E-state index in [1.165, 1.54) is 24.3 Å². The molecule has 1 aliphatic heterocycles. The number of alkyl carbamates (subject to hydrolysis) is 1. The monoisotopic (exact) mass is 485 g/mol. The number of fused-ring (bicyclic) bond motifs is 1. The molecule has 1 unspecified atom stereocenters. The van der Waals surface area contributed by atoms with Crippen LogP contribution < -0.4 is 16.0 Å². The molecule has 1 aliphatic carbocycles. The van der Waals surface area contributed by atoms with Gasteiger partial charge in [-0.3, -0.25) is 4.79 Å². The molecule has 1 heterocycles. The van der Waals surface area contributed by atoms with Crippen LogP contribution in [0.1, 0.15) is 46.8 Å². The lowest BCUT2D eigenvalue weighted by Crippen LogP contribution is -2.33. The Balaban J connectivity index is 0.00000289. The van der Waals surface area contributed by atoms with Crippen LogP contribution in [0.15, 0.2) is 30.3 Å². The summed E-state index contributed by atoms with van der Waals surface area (Å²) < 4.78 is 33.2. The lowest BCUT2D eigenvalue weighted by atomic mass is 10.0. The van der Waals surface area contributed by atoms with Gasteiger partial charge in [0.15, 0.2) is 0 Å². The molecular weight excluding hydrogens is 463 g/mol. The first-order valence-corrected chi connectivity index (χ1v) is 10.5. The molecule has 2 amide bonds. The van der Waals surface area contributed by atoms with E-state index in [-0.39, 0.29) is 30.1 Å². The summed E-state index contributed by atoms with van der Waals surface area (Å²) in [6, 6.07) is 6.03. The van der Waals surface area contributed by atoms with Crippen LogP contribution in [-0.2, 0) is 11.2 Å². The summed E-state index contributed by atoms with van der Waals surface area (Å²) in [6.07, 6.45) is 2.27. The average molecular weight is 486 g/mol. The van der Waals surface area contributed by atoms with E-state index in [1.807, 2.05) is 0 Å². The Bertz CT molecular complexity index is 1020. The Morgan fingerprint density at radius 3 is 2.66 bits per heavy atom. The molecule has 0 saturated carbocycles. The fraction of sp³-hybridized carbons (Fsp3) is 0.364. The van der Waals surface area contributed by atoms with Crippen LogP contribution in [0.3, 0.4) is 0 Å². The first kappa shape index (κ1) is 24.2. The molecule has 6 nitrogen and oxygen atoms in total. The number of rotatable bonds is 5. The van der Waals surface area contributed by atoms with Crippen molar-refractivity contribution >= 4 is 41.7 Å². The summed E-state index contributed by atoms with van der Waals surface area (Å²) in [6.45, 7) is 1.17. The molecule has 4 rings (SSSR count). The molecule has 0 bridgehead atoms. The Kier molecular flexibility index (Phi) is 7.92. The first-order valence-electron chi connectivity index (χ1n) is 10.2. The molecule has 3 N–H and O–H groups in total. The number of ether oxygens (including phenoxy) is 1. The summed E-state index contributed by atoms with van der Waals surface area (Å²) in [5.74, 6) is -1.54. The van der Waals surface area contributed by atoms with E-state index >= 15 is 0 Å². The number of carbonyl (C=O) groups excluding carboxylic acids is 2. The highest BCUT2D eigenvalue weighted by Crippen LogP contribution is 2.36. The molecule has 32 heavy (non-hydrogen) atoms. The van der Waals surface area contributed by atoms with Crippen LogP contribution in [0, 0.1) is 11.6 Å². The zero-order valence-electron chi connectivity index (χ0n) is 17.1. The third kappa shape index (κ3) is 5.31. The van der Waals surface area contributed by atoms with Crippen molar-refractivity contribution in [3.05, 3.63) is 63.7 Å². The number of hydrogen-bond donors (Lipinski definition) is 3. The number of hydrogen-bond acceptors (Lipinski definition) is 4. The van der Waals surface area contributed by atoms with E-state index in [2.05, 4.69) is 16.0 Å². The first-order chi connectivity index (χ1) is 14.9. The Hall–Kier alpha value is -2.42. The molecule has 0 spiro atoms. The van der Waals surface area contributed by atoms with Crippen molar-refractivity contribution in [3.63, 3.8) is 0 Å². The second kappa shape index (κ2) is 10.5. The van der Waals surface area contributed by atoms with Crippen LogP contribution in [-0.4, -0.2) is 31.2 Å². The Labute approximate surface area is 195 Å². The molecule has 172 valence electrons. The minimum absolute atomic E-state index is 0. The minimum atomic E-state index is -0.609. The van der Waals surface area contributed by atoms with Crippen molar-refractivity contribution in [2.24, 2.45) is 0 Å². The van der Waals surface area contributed by atoms with E-state index < -0.39 is 29.7 Å². The quantitative estimate of drug-likeness (QED) is 0.570. The van der Waals surface area contributed by atoms with Gasteiger partial charge in [0.25, 0.3) is 5.91 Å². The van der Waals surface area contributed by atoms with E-state index in [0.29, 0.717) is 35.2 Å². The van der Waals surface area contributed by atoms with Gasteiger partial charge in [0, 0.05) is 22.9 Å². The van der Waals surface area contributed by atoms with Crippen molar-refractivity contribution < 1.29 is 23.1 Å². The molecular formula is C22H23Cl2F2N3O3. The third-order valence-corrected chi connectivity index (χ3v) is 5.92. The van der Waals surface area contributed by atoms with Crippen LogP contribution >= 0.6 is 24.0 Å². The van der Waals surface area contributed by atoms with Crippen LogP contribution in [0.25, 0.3) is 0 Å². The summed E-state index contributed by atoms with van der Waals surface area (Å²) in [7, 11) is 0. The second-order valence-electron chi connectivity index (χ2n) is 7.70. The fourth-order valence-corrected chi connectivity index (χ4v) is 4.28. The summed E-state index contributed by atoms with van der Waals surface area (Å²) in [5.41, 5.74) is 1.45. The number of nitrogens with one attached hydrogen (secondary N) is 3. The molecule has 0 radical (unpaired) electrons. The Morgan fingerprint density at radius 1 is 1.16 bits per heavy atom. The minimum Gasteiger partial charge on any atom is -0.448 e. The largest absolute Gasteiger partial charge is 0.448 e. The van der Waals surface area contributed by atoms with Gasteiger partial charge in [-0.15, -0.1) is 12.4 Å². The predicted molar refractivity (Wildman–Crippen MR) is 120 cm³/mol. The van der Waals surface area contributed by atoms with Crippen LogP contribution in [0.4, 0.5) is 19.3 Å². The van der Waals surface area contributed by atoms with E-state index in [0.717, 1.165) is 25.5 Å². The summed E-state index contributed by atoms with van der Waals surface area (Å²) in [5, 5.41) is 8.49. The smallest absolute Gasteiger partial charge is 0.407 e. The average Bonchev–Trinajstić information content (AvgIpc) is 3.40. The molecule has 2 aliphatic rings. The van der Waals surface area contributed by atoms with E-state index in [4.69, 9.17) is 16.3 Å². The maximum atomic E-state index is 14.6. The Morgan fingerprint density at radius 2 is 1.94 bits per heavy atom. The number of anilines is 1. The van der Waals surface area contributed by atoms with Gasteiger partial charge in [-0.1, -0.05) is 11.6 Å². The predicted octanol–water partition coefficient (Wildman–Crippen LogP) is 4.76. The second-order valence-corrected chi connectivity index (χ2v) is 8.10. The van der Waals surface area contributed by atoms with Gasteiger partial charge in [0.2, 0.25) is 0 Å². The van der Waals surface area contributed by atoms with E-state index in [9.17, 15) is 18.4 Å². The van der Waals surface area contributed by atoms with Gasteiger partial charge in [-0.25, -0.2) is 13.6 Å². The zero-order chi connectivity index (χ0) is 22.0. The number of amides is 2. The van der Waals surface area contributed by atoms with Gasteiger partial charge < -0.3 is 20.7 Å². The number of halogens is 4. The lowest BCUT2D eigenvalue weighted by molar-refractivity contribution is 0.102. The third-order valence-electron chi connectivity index (χ3n) is 5.63. The number of carbonyl (C=O) groups is 2. The SMILES string of the molecule is Cl.O=C(N[C@H]1CCc2c(C(=O)Nc3ccc(F)c(Cl)c3)ccc(F)c21)OCC1CCCN1. The molecule has 2 aromatic carbocycles. The van der Waals surface area contributed by atoms with Gasteiger partial charge in [0.1, 0.15) is 18.2 Å². The van der Waals surface area contributed by atoms with E-state index in [1.54, 1.807) is 0 Å². The molecule has 1 saturated heterocycles. The molecule has 2 atom stereocenters. The van der Waals surface area contributed by atoms with Crippen molar-refractivity contribution in [2.45, 2.75) is 37.8 Å². The van der Waals surface area contributed by atoms with Crippen molar-refractivity contribution in [1.29, 1.82) is 0 Å². The molecule has 2 aromatic rings. The summed E-state index contributed by atoms with van der Waals surface area (Å²) >= 11 is 5.76. The van der Waals surface area contributed by atoms with Crippen molar-refractivity contribution in [1.82, 2.24) is 10.6 Å². The normalized spacial score (nSPS) is 19.1. The lowest BCUT2D eigenvalue weighted by Gasteiger charge is -2.17. The van der Waals surface area contributed by atoms with Gasteiger partial charge in [-0.2, -0.15) is 0 Å². The fourth-order valence-electron chi connectivity index (χ4n) is 4.10. The maximum absolute atomic E-state index is 14.6. The summed E-state index contributed by atoms with van der Waals surface area (Å²) in [4.78, 5) is 25.0. The standard InChI is InChI=1S/C22H22ClF2N3O3.ClH/c23-16-10-12(3-6-17(16)24)27-21(29)15-4-7-18(25)20-14(15)5-8-19(20)28-22(30)31-11-13-2-1-9-26-13;/h3-4,6-7,10,13,19,26H,1-2,5,8-9,11H2,(H,27,29)(H,28,30);1H/t13?,19-;/m0./s1. The van der Waals surface area contributed by atoms with Crippen LogP contribution in [0.5, 0.6) is 0 Å². The van der Waals surface area contributed by atoms with Crippen LogP contribution in [0.2, 0.25) is 5.02 Å². The number of benzene rings is 2. The van der Waals surface area contributed by atoms with Crippen molar-refractivity contribution in [3.8, 4) is 0 Å². The molecule has 0 aromatic heterocycles. The highest BCUT2D eigenvalue weighted by Gasteiger charge is 2.31. The molecule has 1 fully saturated rings. The highest BCUT2D eigenvalue weighted by atomic mass is 35.5. The van der Waals surface area contributed by atoms with Gasteiger partial charge in [0.05, 0.1) is 11.1 Å². The molecule has 10 heteroatoms.